The van der Waals surface area contributed by atoms with E-state index in [9.17, 15) is 4.79 Å². The van der Waals surface area contributed by atoms with Gasteiger partial charge in [-0.1, -0.05) is 26.7 Å². The Bertz CT molecular complexity index is 134. The molecule has 0 aliphatic rings. The highest BCUT2D eigenvalue weighted by atomic mass is 16.4. The standard InChI is InChI=1S/C9H19NO2/c1-7(2)5-3-4-6-8(10)9(11)12/h7-8H,3-6,10H2,1-2H3,(H,11,12)/p+1. The fraction of sp³-hybridized carbons (Fsp3) is 0.889. The lowest BCUT2D eigenvalue weighted by molar-refractivity contribution is -0.409. The van der Waals surface area contributed by atoms with Gasteiger partial charge in [-0.2, -0.15) is 0 Å². The average molecular weight is 174 g/mol. The fourth-order valence-electron chi connectivity index (χ4n) is 1.07. The summed E-state index contributed by atoms with van der Waals surface area (Å²) >= 11 is 0. The maximum absolute atomic E-state index is 10.4. The van der Waals surface area contributed by atoms with Crippen LogP contribution >= 0.6 is 0 Å². The van der Waals surface area contributed by atoms with Gasteiger partial charge in [0.1, 0.15) is 0 Å². The second kappa shape index (κ2) is 6.00. The van der Waals surface area contributed by atoms with Crippen molar-refractivity contribution in [3.63, 3.8) is 0 Å². The molecule has 0 radical (unpaired) electrons. The van der Waals surface area contributed by atoms with Gasteiger partial charge >= 0.3 is 5.97 Å². The van der Waals surface area contributed by atoms with Crippen LogP contribution in [-0.2, 0) is 4.79 Å². The number of hydrogen-bond acceptors (Lipinski definition) is 1. The molecule has 4 N–H and O–H groups in total. The number of carboxylic acids is 1. The Labute approximate surface area is 74.0 Å². The summed E-state index contributed by atoms with van der Waals surface area (Å²) in [6.45, 7) is 4.36. The molecule has 0 aliphatic carbocycles. The first-order chi connectivity index (χ1) is 5.54. The van der Waals surface area contributed by atoms with Crippen molar-refractivity contribution in [1.29, 1.82) is 0 Å². The van der Waals surface area contributed by atoms with Gasteiger partial charge < -0.3 is 10.8 Å². The van der Waals surface area contributed by atoms with Crippen molar-refractivity contribution in [2.75, 3.05) is 0 Å². The molecule has 0 saturated heterocycles. The Kier molecular flexibility index (Phi) is 5.72. The minimum Gasteiger partial charge on any atom is -0.477 e. The summed E-state index contributed by atoms with van der Waals surface area (Å²) in [5.41, 5.74) is 3.55. The van der Waals surface area contributed by atoms with E-state index in [0.717, 1.165) is 18.8 Å². The normalized spacial score (nSPS) is 13.3. The molecular weight excluding hydrogens is 154 g/mol. The van der Waals surface area contributed by atoms with Gasteiger partial charge in [0.25, 0.3) is 0 Å². The number of unbranched alkanes of at least 4 members (excludes halogenated alkanes) is 1. The maximum Gasteiger partial charge on any atom is 0.362 e. The Morgan fingerprint density at radius 1 is 1.33 bits per heavy atom. The summed E-state index contributed by atoms with van der Waals surface area (Å²) < 4.78 is 0. The molecule has 0 fully saturated rings. The van der Waals surface area contributed by atoms with Gasteiger partial charge in [0.05, 0.1) is 0 Å². The first-order valence-electron chi connectivity index (χ1n) is 4.60. The molecule has 0 amide bonds. The van der Waals surface area contributed by atoms with E-state index < -0.39 is 12.0 Å². The molecule has 3 nitrogen and oxygen atoms in total. The Balaban J connectivity index is 3.25. The van der Waals surface area contributed by atoms with Crippen LogP contribution in [-0.4, -0.2) is 17.1 Å². The van der Waals surface area contributed by atoms with Crippen LogP contribution in [0.3, 0.4) is 0 Å². The molecule has 0 saturated carbocycles. The van der Waals surface area contributed by atoms with E-state index in [1.807, 2.05) is 0 Å². The predicted molar refractivity (Wildman–Crippen MR) is 47.6 cm³/mol. The first kappa shape index (κ1) is 11.4. The predicted octanol–water partition coefficient (Wildman–Crippen LogP) is 0.898. The Morgan fingerprint density at radius 2 is 1.83 bits per heavy atom. The number of aliphatic carboxylic acids is 1. The molecular formula is C9H20NO2+. The van der Waals surface area contributed by atoms with E-state index in [2.05, 4.69) is 19.6 Å². The van der Waals surface area contributed by atoms with Gasteiger partial charge in [-0.05, 0) is 12.3 Å². The maximum atomic E-state index is 10.4. The van der Waals surface area contributed by atoms with Gasteiger partial charge in [-0.15, -0.1) is 0 Å². The largest absolute Gasteiger partial charge is 0.477 e. The number of rotatable bonds is 6. The van der Waals surface area contributed by atoms with Crippen molar-refractivity contribution in [2.24, 2.45) is 5.92 Å². The first-order valence-corrected chi connectivity index (χ1v) is 4.60. The topological polar surface area (TPSA) is 64.9 Å². The van der Waals surface area contributed by atoms with E-state index >= 15 is 0 Å². The lowest BCUT2D eigenvalue weighted by atomic mass is 10.0. The van der Waals surface area contributed by atoms with E-state index in [0.29, 0.717) is 6.42 Å². The second-order valence-corrected chi connectivity index (χ2v) is 3.71. The number of hydrogen-bond donors (Lipinski definition) is 2. The number of carboxylic acid groups (broad SMARTS) is 1. The second-order valence-electron chi connectivity index (χ2n) is 3.71. The summed E-state index contributed by atoms with van der Waals surface area (Å²) in [6.07, 6.45) is 4.00. The summed E-state index contributed by atoms with van der Waals surface area (Å²) in [5.74, 6) is -0.0577. The zero-order chi connectivity index (χ0) is 9.56. The van der Waals surface area contributed by atoms with Crippen molar-refractivity contribution in [2.45, 2.75) is 45.6 Å². The number of carbonyl (C=O) groups is 1. The molecule has 12 heavy (non-hydrogen) atoms. The van der Waals surface area contributed by atoms with Gasteiger partial charge in [-0.3, -0.25) is 0 Å². The summed E-state index contributed by atoms with van der Waals surface area (Å²) in [6, 6.07) is -0.419. The summed E-state index contributed by atoms with van der Waals surface area (Å²) in [4.78, 5) is 10.4. The lowest BCUT2D eigenvalue weighted by Gasteiger charge is -2.04. The quantitative estimate of drug-likeness (QED) is 0.587. The van der Waals surface area contributed by atoms with Crippen LogP contribution in [0.25, 0.3) is 0 Å². The van der Waals surface area contributed by atoms with Crippen molar-refractivity contribution in [1.82, 2.24) is 0 Å². The van der Waals surface area contributed by atoms with Crippen molar-refractivity contribution in [3.05, 3.63) is 0 Å². The minimum absolute atomic E-state index is 0.419. The molecule has 0 aromatic heterocycles. The van der Waals surface area contributed by atoms with Crippen LogP contribution in [0.1, 0.15) is 39.5 Å². The van der Waals surface area contributed by atoms with E-state index in [1.165, 1.54) is 6.42 Å². The molecule has 0 aliphatic heterocycles. The summed E-state index contributed by atoms with van der Waals surface area (Å²) in [5, 5.41) is 8.53. The van der Waals surface area contributed by atoms with Gasteiger partial charge in [0.2, 0.25) is 0 Å². The van der Waals surface area contributed by atoms with Crippen molar-refractivity contribution in [3.8, 4) is 0 Å². The van der Waals surface area contributed by atoms with Gasteiger partial charge in [-0.25, -0.2) is 4.79 Å². The smallest absolute Gasteiger partial charge is 0.362 e. The highest BCUT2D eigenvalue weighted by molar-refractivity contribution is 5.71. The summed E-state index contributed by atoms with van der Waals surface area (Å²) in [7, 11) is 0. The molecule has 72 valence electrons. The molecule has 0 aromatic rings. The zero-order valence-corrected chi connectivity index (χ0v) is 8.05. The number of quaternary nitrogens is 1. The molecule has 1 unspecified atom stereocenters. The lowest BCUT2D eigenvalue weighted by Crippen LogP contribution is -2.64. The SMILES string of the molecule is CC(C)CCCCC([NH3+])C(=O)O. The molecule has 0 bridgehead atoms. The van der Waals surface area contributed by atoms with Crippen molar-refractivity contribution >= 4 is 5.97 Å². The third-order valence-electron chi connectivity index (χ3n) is 1.93. The van der Waals surface area contributed by atoms with E-state index in [-0.39, 0.29) is 0 Å². The van der Waals surface area contributed by atoms with Crippen LogP contribution in [0, 0.1) is 5.92 Å². The minimum atomic E-state index is -0.778. The van der Waals surface area contributed by atoms with Crippen molar-refractivity contribution < 1.29 is 15.6 Å². The van der Waals surface area contributed by atoms with Crippen LogP contribution in [0.4, 0.5) is 0 Å². The van der Waals surface area contributed by atoms with Crippen LogP contribution in [0.5, 0.6) is 0 Å². The van der Waals surface area contributed by atoms with Crippen LogP contribution in [0.2, 0.25) is 0 Å². The van der Waals surface area contributed by atoms with Crippen LogP contribution < -0.4 is 5.73 Å². The highest BCUT2D eigenvalue weighted by Crippen LogP contribution is 2.08. The monoisotopic (exact) mass is 174 g/mol. The molecule has 0 rings (SSSR count). The molecule has 1 atom stereocenters. The molecule has 0 heterocycles. The van der Waals surface area contributed by atoms with Crippen LogP contribution in [0.15, 0.2) is 0 Å². The Hall–Kier alpha value is -0.570. The van der Waals surface area contributed by atoms with E-state index in [1.54, 1.807) is 0 Å². The fourth-order valence-corrected chi connectivity index (χ4v) is 1.07. The third-order valence-corrected chi connectivity index (χ3v) is 1.93. The molecule has 3 heteroatoms. The molecule has 0 spiro atoms. The van der Waals surface area contributed by atoms with E-state index in [4.69, 9.17) is 5.11 Å². The zero-order valence-electron chi connectivity index (χ0n) is 8.05. The third kappa shape index (κ3) is 6.16. The van der Waals surface area contributed by atoms with Gasteiger partial charge in [0.15, 0.2) is 6.04 Å². The van der Waals surface area contributed by atoms with Gasteiger partial charge in [0, 0.05) is 6.42 Å². The molecule has 0 aromatic carbocycles. The average Bonchev–Trinajstić information content (AvgIpc) is 1.97. The Morgan fingerprint density at radius 3 is 2.25 bits per heavy atom. The highest BCUT2D eigenvalue weighted by Gasteiger charge is 2.13.